The fraction of sp³-hybridized carbons (Fsp3) is 0.267. The quantitative estimate of drug-likeness (QED) is 0.862. The van der Waals surface area contributed by atoms with Gasteiger partial charge in [0.25, 0.3) is 5.91 Å². The Balaban J connectivity index is 2.22. The number of hydrogen-bond donors (Lipinski definition) is 2. The summed E-state index contributed by atoms with van der Waals surface area (Å²) in [5.74, 6) is -0.0195. The summed E-state index contributed by atoms with van der Waals surface area (Å²) in [5.41, 5.74) is 0.733. The number of rotatable bonds is 4. The first-order valence-corrected chi connectivity index (χ1v) is 6.15. The van der Waals surface area contributed by atoms with Crippen LogP contribution in [-0.4, -0.2) is 25.5 Å². The topological polar surface area (TPSA) is 41.1 Å². The van der Waals surface area contributed by atoms with Gasteiger partial charge in [0, 0.05) is 18.2 Å². The van der Waals surface area contributed by atoms with Crippen molar-refractivity contribution in [2.24, 2.45) is 0 Å². The lowest BCUT2D eigenvalue weighted by atomic mass is 10.0. The molecule has 2 N–H and O–H groups in total. The van der Waals surface area contributed by atoms with Crippen molar-refractivity contribution in [1.82, 2.24) is 10.6 Å². The molecule has 0 aliphatic rings. The molecule has 0 spiro atoms. The molecule has 0 saturated heterocycles. The Labute approximate surface area is 107 Å². The summed E-state index contributed by atoms with van der Waals surface area (Å²) in [6, 6.07) is 14.0. The summed E-state index contributed by atoms with van der Waals surface area (Å²) in [6.45, 7) is 2.65. The Kier molecular flexibility index (Phi) is 3.95. The van der Waals surface area contributed by atoms with Crippen LogP contribution in [0.15, 0.2) is 42.5 Å². The van der Waals surface area contributed by atoms with Crippen molar-refractivity contribution in [2.75, 3.05) is 13.6 Å². The molecule has 0 fully saturated rings. The smallest absolute Gasteiger partial charge is 0.251 e. The molecule has 0 aliphatic heterocycles. The van der Waals surface area contributed by atoms with Crippen molar-refractivity contribution in [3.05, 3.63) is 48.0 Å². The molecule has 18 heavy (non-hydrogen) atoms. The van der Waals surface area contributed by atoms with Crippen molar-refractivity contribution in [1.29, 1.82) is 0 Å². The molecule has 1 amide bonds. The zero-order chi connectivity index (χ0) is 13.0. The van der Waals surface area contributed by atoms with Crippen LogP contribution in [0.25, 0.3) is 10.8 Å². The number of fused-ring (bicyclic) bond motifs is 1. The molecule has 0 aliphatic carbocycles. The highest BCUT2D eigenvalue weighted by Crippen LogP contribution is 2.18. The predicted molar refractivity (Wildman–Crippen MR) is 74.8 cm³/mol. The molecular formula is C15H18N2O. The van der Waals surface area contributed by atoms with Crippen LogP contribution in [0.5, 0.6) is 0 Å². The standard InChI is InChI=1S/C15H18N2O/c1-11(16-2)10-17-15(18)14-9-5-7-12-6-3-4-8-13(12)14/h3-9,11,16H,10H2,1-2H3,(H,17,18). The fourth-order valence-electron chi connectivity index (χ4n) is 1.87. The summed E-state index contributed by atoms with van der Waals surface area (Å²) in [6.07, 6.45) is 0. The van der Waals surface area contributed by atoms with Gasteiger partial charge in [0.05, 0.1) is 0 Å². The van der Waals surface area contributed by atoms with E-state index in [0.717, 1.165) is 16.3 Å². The highest BCUT2D eigenvalue weighted by Gasteiger charge is 2.09. The van der Waals surface area contributed by atoms with Gasteiger partial charge in [-0.15, -0.1) is 0 Å². The maximum Gasteiger partial charge on any atom is 0.251 e. The van der Waals surface area contributed by atoms with Gasteiger partial charge in [-0.25, -0.2) is 0 Å². The van der Waals surface area contributed by atoms with E-state index in [4.69, 9.17) is 0 Å². The van der Waals surface area contributed by atoms with Gasteiger partial charge < -0.3 is 10.6 Å². The van der Waals surface area contributed by atoms with E-state index in [9.17, 15) is 4.79 Å². The van der Waals surface area contributed by atoms with Crippen molar-refractivity contribution < 1.29 is 4.79 Å². The lowest BCUT2D eigenvalue weighted by Crippen LogP contribution is -2.37. The van der Waals surface area contributed by atoms with Crippen molar-refractivity contribution in [3.8, 4) is 0 Å². The van der Waals surface area contributed by atoms with Crippen LogP contribution in [0.2, 0.25) is 0 Å². The Morgan fingerprint density at radius 3 is 2.67 bits per heavy atom. The number of benzene rings is 2. The third-order valence-electron chi connectivity index (χ3n) is 3.10. The Hall–Kier alpha value is -1.87. The molecule has 1 atom stereocenters. The van der Waals surface area contributed by atoms with E-state index in [1.54, 1.807) is 0 Å². The molecule has 0 heterocycles. The van der Waals surface area contributed by atoms with Gasteiger partial charge in [0.2, 0.25) is 0 Å². The predicted octanol–water partition coefficient (Wildman–Crippen LogP) is 2.18. The van der Waals surface area contributed by atoms with Crippen molar-refractivity contribution in [2.45, 2.75) is 13.0 Å². The maximum atomic E-state index is 12.1. The lowest BCUT2D eigenvalue weighted by Gasteiger charge is -2.12. The van der Waals surface area contributed by atoms with E-state index in [0.29, 0.717) is 6.54 Å². The number of hydrogen-bond acceptors (Lipinski definition) is 2. The molecular weight excluding hydrogens is 224 g/mol. The highest BCUT2D eigenvalue weighted by molar-refractivity contribution is 6.06. The number of amides is 1. The summed E-state index contributed by atoms with van der Waals surface area (Å²) in [7, 11) is 1.88. The van der Waals surface area contributed by atoms with Crippen LogP contribution in [0, 0.1) is 0 Å². The van der Waals surface area contributed by atoms with Crippen molar-refractivity contribution >= 4 is 16.7 Å². The molecule has 3 nitrogen and oxygen atoms in total. The van der Waals surface area contributed by atoms with E-state index in [-0.39, 0.29) is 11.9 Å². The number of carbonyl (C=O) groups excluding carboxylic acids is 1. The fourth-order valence-corrected chi connectivity index (χ4v) is 1.87. The van der Waals surface area contributed by atoms with Gasteiger partial charge >= 0.3 is 0 Å². The minimum atomic E-state index is -0.0195. The summed E-state index contributed by atoms with van der Waals surface area (Å²) in [5, 5.41) is 8.12. The zero-order valence-corrected chi connectivity index (χ0v) is 10.7. The Morgan fingerprint density at radius 1 is 1.17 bits per heavy atom. The van der Waals surface area contributed by atoms with Crippen molar-refractivity contribution in [3.63, 3.8) is 0 Å². The van der Waals surface area contributed by atoms with Crippen LogP contribution >= 0.6 is 0 Å². The zero-order valence-electron chi connectivity index (χ0n) is 10.7. The molecule has 94 valence electrons. The Bertz CT molecular complexity index is 546. The second kappa shape index (κ2) is 5.65. The van der Waals surface area contributed by atoms with E-state index in [1.807, 2.05) is 56.4 Å². The monoisotopic (exact) mass is 242 g/mol. The first-order valence-electron chi connectivity index (χ1n) is 6.15. The number of nitrogens with one attached hydrogen (secondary N) is 2. The largest absolute Gasteiger partial charge is 0.350 e. The van der Waals surface area contributed by atoms with Gasteiger partial charge in [0.15, 0.2) is 0 Å². The minimum absolute atomic E-state index is 0.0195. The molecule has 2 rings (SSSR count). The van der Waals surface area contributed by atoms with E-state index >= 15 is 0 Å². The third-order valence-corrected chi connectivity index (χ3v) is 3.10. The first-order chi connectivity index (χ1) is 8.72. The summed E-state index contributed by atoms with van der Waals surface area (Å²) >= 11 is 0. The highest BCUT2D eigenvalue weighted by atomic mass is 16.1. The second-order valence-electron chi connectivity index (χ2n) is 4.43. The van der Waals surface area contributed by atoms with E-state index < -0.39 is 0 Å². The molecule has 0 saturated carbocycles. The van der Waals surface area contributed by atoms with Crippen LogP contribution in [0.4, 0.5) is 0 Å². The van der Waals surface area contributed by atoms with E-state index in [1.165, 1.54) is 0 Å². The molecule has 0 aromatic heterocycles. The first kappa shape index (κ1) is 12.6. The van der Waals surface area contributed by atoms with Crippen LogP contribution in [0.1, 0.15) is 17.3 Å². The molecule has 3 heteroatoms. The van der Waals surface area contributed by atoms with Crippen LogP contribution in [0.3, 0.4) is 0 Å². The van der Waals surface area contributed by atoms with Gasteiger partial charge in [0.1, 0.15) is 0 Å². The van der Waals surface area contributed by atoms with Gasteiger partial charge in [-0.3, -0.25) is 4.79 Å². The van der Waals surface area contributed by atoms with Crippen LogP contribution < -0.4 is 10.6 Å². The summed E-state index contributed by atoms with van der Waals surface area (Å²) in [4.78, 5) is 12.1. The molecule has 2 aromatic rings. The Morgan fingerprint density at radius 2 is 1.89 bits per heavy atom. The SMILES string of the molecule is CNC(C)CNC(=O)c1cccc2ccccc12. The average molecular weight is 242 g/mol. The maximum absolute atomic E-state index is 12.1. The van der Waals surface area contributed by atoms with Crippen LogP contribution in [-0.2, 0) is 0 Å². The third kappa shape index (κ3) is 2.68. The number of likely N-dealkylation sites (N-methyl/N-ethyl adjacent to an activating group) is 1. The van der Waals surface area contributed by atoms with Gasteiger partial charge in [-0.2, -0.15) is 0 Å². The molecule has 1 unspecified atom stereocenters. The number of carbonyl (C=O) groups is 1. The lowest BCUT2D eigenvalue weighted by molar-refractivity contribution is 0.0952. The molecule has 0 bridgehead atoms. The summed E-state index contributed by atoms with van der Waals surface area (Å²) < 4.78 is 0. The van der Waals surface area contributed by atoms with Gasteiger partial charge in [-0.05, 0) is 30.8 Å². The van der Waals surface area contributed by atoms with Gasteiger partial charge in [-0.1, -0.05) is 36.4 Å². The second-order valence-corrected chi connectivity index (χ2v) is 4.43. The minimum Gasteiger partial charge on any atom is -0.350 e. The molecule has 0 radical (unpaired) electrons. The normalized spacial score (nSPS) is 12.3. The van der Waals surface area contributed by atoms with E-state index in [2.05, 4.69) is 10.6 Å². The average Bonchev–Trinajstić information content (AvgIpc) is 2.43. The molecule has 2 aromatic carbocycles.